The molecule has 0 aliphatic rings. The number of para-hydroxylation sites is 1. The normalized spacial score (nSPS) is 10.8. The highest BCUT2D eigenvalue weighted by Gasteiger charge is 2.23. The molecular weight excluding hydrogens is 360 g/mol. The van der Waals surface area contributed by atoms with Crippen molar-refractivity contribution in [3.63, 3.8) is 0 Å². The van der Waals surface area contributed by atoms with Crippen LogP contribution in [0.5, 0.6) is 0 Å². The second-order valence-electron chi connectivity index (χ2n) is 5.83. The minimum atomic E-state index is -0.593. The van der Waals surface area contributed by atoms with Gasteiger partial charge in [-0.3, -0.25) is 4.79 Å². The summed E-state index contributed by atoms with van der Waals surface area (Å²) in [5.41, 5.74) is 0.883. The molecule has 140 valence electrons. The number of fused-ring (bicyclic) bond motifs is 1. The number of nitrogens with one attached hydrogen (secondary N) is 1. The van der Waals surface area contributed by atoms with E-state index in [9.17, 15) is 9.59 Å². The Bertz CT molecular complexity index is 1150. The summed E-state index contributed by atoms with van der Waals surface area (Å²) in [5.74, 6) is -0.400. The third-order valence-corrected chi connectivity index (χ3v) is 4.04. The third kappa shape index (κ3) is 3.23. The molecule has 3 heterocycles. The first-order chi connectivity index (χ1) is 13.7. The van der Waals surface area contributed by atoms with Crippen molar-refractivity contribution in [2.45, 2.75) is 6.92 Å². The number of hydrogen-bond donors (Lipinski definition) is 1. The molecule has 0 atom stereocenters. The van der Waals surface area contributed by atoms with E-state index in [-0.39, 0.29) is 23.7 Å². The van der Waals surface area contributed by atoms with Gasteiger partial charge in [0.25, 0.3) is 5.91 Å². The van der Waals surface area contributed by atoms with Crippen LogP contribution in [0.3, 0.4) is 0 Å². The molecule has 0 radical (unpaired) electrons. The van der Waals surface area contributed by atoms with Crippen molar-refractivity contribution >= 4 is 28.6 Å². The van der Waals surface area contributed by atoms with Crippen LogP contribution in [0, 0.1) is 0 Å². The number of aromatic nitrogens is 3. The van der Waals surface area contributed by atoms with Crippen LogP contribution >= 0.6 is 0 Å². The van der Waals surface area contributed by atoms with Crippen LogP contribution < -0.4 is 5.32 Å². The van der Waals surface area contributed by atoms with E-state index in [4.69, 9.17) is 9.15 Å². The number of pyridine rings is 1. The maximum Gasteiger partial charge on any atom is 0.343 e. The van der Waals surface area contributed by atoms with Gasteiger partial charge < -0.3 is 14.5 Å². The van der Waals surface area contributed by atoms with E-state index in [0.29, 0.717) is 5.82 Å². The smallest absolute Gasteiger partial charge is 0.343 e. The zero-order valence-electron chi connectivity index (χ0n) is 15.0. The van der Waals surface area contributed by atoms with E-state index in [2.05, 4.69) is 15.4 Å². The monoisotopic (exact) mass is 376 g/mol. The van der Waals surface area contributed by atoms with Gasteiger partial charge in [-0.15, -0.1) is 0 Å². The van der Waals surface area contributed by atoms with Crippen molar-refractivity contribution in [1.29, 1.82) is 0 Å². The molecular formula is C20H16N4O4. The van der Waals surface area contributed by atoms with Crippen molar-refractivity contribution < 1.29 is 18.7 Å². The number of ether oxygens (including phenoxy) is 1. The van der Waals surface area contributed by atoms with E-state index in [1.807, 2.05) is 30.3 Å². The third-order valence-electron chi connectivity index (χ3n) is 4.04. The number of furan rings is 1. The Labute approximate surface area is 159 Å². The summed E-state index contributed by atoms with van der Waals surface area (Å²) in [7, 11) is 0. The van der Waals surface area contributed by atoms with E-state index >= 15 is 0 Å². The Morgan fingerprint density at radius 2 is 2.00 bits per heavy atom. The molecule has 3 aromatic heterocycles. The lowest BCUT2D eigenvalue weighted by Gasteiger charge is -2.10. The molecule has 0 aliphatic heterocycles. The fraction of sp³-hybridized carbons (Fsp3) is 0.100. The molecule has 4 rings (SSSR count). The van der Waals surface area contributed by atoms with Crippen LogP contribution in [0.2, 0.25) is 0 Å². The van der Waals surface area contributed by atoms with Gasteiger partial charge in [0.05, 0.1) is 24.6 Å². The van der Waals surface area contributed by atoms with Crippen molar-refractivity contribution in [3.8, 4) is 5.82 Å². The average molecular weight is 376 g/mol. The predicted octanol–water partition coefficient (Wildman–Crippen LogP) is 3.44. The van der Waals surface area contributed by atoms with Gasteiger partial charge in [0.15, 0.2) is 17.4 Å². The number of anilines is 1. The fourth-order valence-corrected chi connectivity index (χ4v) is 2.75. The maximum absolute atomic E-state index is 12.5. The van der Waals surface area contributed by atoms with Crippen LogP contribution in [-0.4, -0.2) is 33.2 Å². The summed E-state index contributed by atoms with van der Waals surface area (Å²) >= 11 is 0. The highest BCUT2D eigenvalue weighted by Crippen LogP contribution is 2.23. The maximum atomic E-state index is 12.5. The van der Waals surface area contributed by atoms with Gasteiger partial charge in [0.2, 0.25) is 0 Å². The molecule has 4 aromatic rings. The van der Waals surface area contributed by atoms with Crippen molar-refractivity contribution in [1.82, 2.24) is 14.8 Å². The van der Waals surface area contributed by atoms with Gasteiger partial charge >= 0.3 is 5.97 Å². The fourth-order valence-electron chi connectivity index (χ4n) is 2.75. The Morgan fingerprint density at radius 3 is 2.79 bits per heavy atom. The van der Waals surface area contributed by atoms with Gasteiger partial charge in [-0.1, -0.05) is 18.2 Å². The number of carbonyl (C=O) groups excluding carboxylic acids is 2. The highest BCUT2D eigenvalue weighted by molar-refractivity contribution is 6.06. The van der Waals surface area contributed by atoms with Crippen LogP contribution in [0.4, 0.5) is 5.82 Å². The number of nitrogens with zero attached hydrogens (tertiary/aromatic N) is 3. The Morgan fingerprint density at radius 1 is 1.14 bits per heavy atom. The molecule has 1 N–H and O–H groups in total. The van der Waals surface area contributed by atoms with Gasteiger partial charge in [-0.2, -0.15) is 9.78 Å². The second kappa shape index (κ2) is 7.36. The molecule has 0 fully saturated rings. The summed E-state index contributed by atoms with van der Waals surface area (Å²) in [4.78, 5) is 29.4. The van der Waals surface area contributed by atoms with Crippen LogP contribution in [0.25, 0.3) is 16.7 Å². The Hall–Kier alpha value is -3.94. The molecule has 1 amide bonds. The molecule has 0 bridgehead atoms. The zero-order valence-corrected chi connectivity index (χ0v) is 15.0. The second-order valence-corrected chi connectivity index (χ2v) is 5.83. The molecule has 8 heteroatoms. The first-order valence-electron chi connectivity index (χ1n) is 8.63. The quantitative estimate of drug-likeness (QED) is 0.536. The lowest BCUT2D eigenvalue weighted by Crippen LogP contribution is -2.18. The lowest BCUT2D eigenvalue weighted by atomic mass is 10.2. The SMILES string of the molecule is CCOC(=O)c1cnn(-c2ccc3ccccc3n2)c1NC(=O)c1ccco1. The standard InChI is InChI=1S/C20H16N4O4/c1-2-27-20(26)14-12-21-24(18(14)23-19(25)16-8-5-11-28-16)17-10-9-13-6-3-4-7-15(13)22-17/h3-12H,2H2,1H3,(H,23,25). The molecule has 1 aromatic carbocycles. The van der Waals surface area contributed by atoms with Gasteiger partial charge in [-0.25, -0.2) is 9.78 Å². The molecule has 0 saturated heterocycles. The van der Waals surface area contributed by atoms with Gasteiger partial charge in [0, 0.05) is 5.39 Å². The predicted molar refractivity (Wildman–Crippen MR) is 101 cm³/mol. The van der Waals surface area contributed by atoms with Crippen molar-refractivity contribution in [2.75, 3.05) is 11.9 Å². The van der Waals surface area contributed by atoms with E-state index < -0.39 is 11.9 Å². The number of carbonyl (C=O) groups is 2. The van der Waals surface area contributed by atoms with E-state index in [0.717, 1.165) is 10.9 Å². The number of benzene rings is 1. The van der Waals surface area contributed by atoms with Gasteiger partial charge in [0.1, 0.15) is 5.56 Å². The van der Waals surface area contributed by atoms with Crippen LogP contribution in [0.15, 0.2) is 65.4 Å². The van der Waals surface area contributed by atoms with E-state index in [1.54, 1.807) is 19.1 Å². The summed E-state index contributed by atoms with van der Waals surface area (Å²) < 4.78 is 11.6. The summed E-state index contributed by atoms with van der Waals surface area (Å²) in [5, 5.41) is 7.88. The number of esters is 1. The Balaban J connectivity index is 1.79. The largest absolute Gasteiger partial charge is 0.462 e. The molecule has 0 aliphatic carbocycles. The number of hydrogen-bond acceptors (Lipinski definition) is 6. The van der Waals surface area contributed by atoms with Gasteiger partial charge in [-0.05, 0) is 37.3 Å². The summed E-state index contributed by atoms with van der Waals surface area (Å²) in [6, 6.07) is 14.4. The average Bonchev–Trinajstić information content (AvgIpc) is 3.38. The molecule has 8 nitrogen and oxygen atoms in total. The molecule has 0 unspecified atom stereocenters. The number of rotatable bonds is 5. The van der Waals surface area contributed by atoms with E-state index in [1.165, 1.54) is 23.2 Å². The molecule has 28 heavy (non-hydrogen) atoms. The topological polar surface area (TPSA) is 99.2 Å². The molecule has 0 saturated carbocycles. The van der Waals surface area contributed by atoms with Crippen molar-refractivity contribution in [2.24, 2.45) is 0 Å². The molecule has 0 spiro atoms. The summed E-state index contributed by atoms with van der Waals surface area (Å²) in [6.07, 6.45) is 2.73. The Kier molecular flexibility index (Phi) is 4.59. The minimum absolute atomic E-state index is 0.106. The lowest BCUT2D eigenvalue weighted by molar-refractivity contribution is 0.0527. The highest BCUT2D eigenvalue weighted by atomic mass is 16.5. The first kappa shape index (κ1) is 17.5. The first-order valence-corrected chi connectivity index (χ1v) is 8.63. The van der Waals surface area contributed by atoms with Crippen LogP contribution in [0.1, 0.15) is 27.8 Å². The van der Waals surface area contributed by atoms with Crippen LogP contribution in [-0.2, 0) is 4.74 Å². The minimum Gasteiger partial charge on any atom is -0.462 e. The zero-order chi connectivity index (χ0) is 19.5. The number of amides is 1. The summed E-state index contributed by atoms with van der Waals surface area (Å²) in [6.45, 7) is 1.90. The van der Waals surface area contributed by atoms with Crippen molar-refractivity contribution in [3.05, 3.63) is 72.3 Å².